The Bertz CT molecular complexity index is 458. The average molecular weight is 260 g/mol. The summed E-state index contributed by atoms with van der Waals surface area (Å²) in [7, 11) is 0. The second-order valence-corrected chi connectivity index (χ2v) is 6.40. The van der Waals surface area contributed by atoms with Gasteiger partial charge >= 0.3 is 0 Å². The molecule has 1 aromatic carbocycles. The lowest BCUT2D eigenvalue weighted by Gasteiger charge is -2.40. The molecule has 1 saturated carbocycles. The number of aliphatic hydroxyl groups is 1. The third-order valence-electron chi connectivity index (χ3n) is 4.59. The van der Waals surface area contributed by atoms with Crippen LogP contribution in [0.25, 0.3) is 0 Å². The lowest BCUT2D eigenvalue weighted by molar-refractivity contribution is 0.0325. The van der Waals surface area contributed by atoms with Crippen LogP contribution in [0.4, 0.5) is 5.69 Å². The van der Waals surface area contributed by atoms with Gasteiger partial charge in [-0.1, -0.05) is 25.1 Å². The van der Waals surface area contributed by atoms with Crippen LogP contribution in [0.2, 0.25) is 0 Å². The molecule has 2 atom stereocenters. The van der Waals surface area contributed by atoms with E-state index in [2.05, 4.69) is 36.1 Å². The number of hydrogen-bond acceptors (Lipinski definition) is 3. The number of hydrogen-bond donors (Lipinski definition) is 2. The smallest absolute Gasteiger partial charge is 0.0970 e. The van der Waals surface area contributed by atoms with Gasteiger partial charge in [0.2, 0.25) is 0 Å². The molecule has 0 amide bonds. The predicted molar refractivity (Wildman–Crippen MR) is 78.3 cm³/mol. The maximum atomic E-state index is 10.8. The molecule has 3 N–H and O–H groups in total. The van der Waals surface area contributed by atoms with Crippen LogP contribution in [0, 0.1) is 11.8 Å². The SMILES string of the molecule is CC1Cc2ccccc2N(CC(O)(CN)C2CC2)C1. The van der Waals surface area contributed by atoms with Gasteiger partial charge in [0.25, 0.3) is 0 Å². The van der Waals surface area contributed by atoms with Crippen molar-refractivity contribution in [2.45, 2.75) is 31.8 Å². The quantitative estimate of drug-likeness (QED) is 0.867. The molecule has 3 heteroatoms. The summed E-state index contributed by atoms with van der Waals surface area (Å²) in [5.41, 5.74) is 7.82. The fourth-order valence-electron chi connectivity index (χ4n) is 3.37. The van der Waals surface area contributed by atoms with Crippen molar-refractivity contribution in [2.24, 2.45) is 17.6 Å². The normalized spacial score (nSPS) is 25.8. The zero-order chi connectivity index (χ0) is 13.5. The first-order valence-electron chi connectivity index (χ1n) is 7.37. The molecule has 0 saturated heterocycles. The van der Waals surface area contributed by atoms with E-state index in [0.717, 1.165) is 25.8 Å². The van der Waals surface area contributed by atoms with Crippen molar-refractivity contribution >= 4 is 5.69 Å². The van der Waals surface area contributed by atoms with Gasteiger partial charge in [-0.25, -0.2) is 0 Å². The van der Waals surface area contributed by atoms with E-state index >= 15 is 0 Å². The molecule has 0 bridgehead atoms. The van der Waals surface area contributed by atoms with Crippen molar-refractivity contribution in [2.75, 3.05) is 24.5 Å². The topological polar surface area (TPSA) is 49.5 Å². The number of para-hydroxylation sites is 1. The van der Waals surface area contributed by atoms with Crippen LogP contribution in [-0.4, -0.2) is 30.3 Å². The maximum Gasteiger partial charge on any atom is 0.0970 e. The van der Waals surface area contributed by atoms with E-state index < -0.39 is 5.60 Å². The Morgan fingerprint density at radius 1 is 1.37 bits per heavy atom. The third-order valence-corrected chi connectivity index (χ3v) is 4.59. The Morgan fingerprint density at radius 2 is 2.11 bits per heavy atom. The summed E-state index contributed by atoms with van der Waals surface area (Å²) < 4.78 is 0. The van der Waals surface area contributed by atoms with Gasteiger partial charge in [0, 0.05) is 25.3 Å². The number of nitrogens with zero attached hydrogens (tertiary/aromatic N) is 1. The molecule has 3 nitrogen and oxygen atoms in total. The highest BCUT2D eigenvalue weighted by Gasteiger charge is 2.44. The molecule has 19 heavy (non-hydrogen) atoms. The number of nitrogens with two attached hydrogens (primary N) is 1. The van der Waals surface area contributed by atoms with E-state index in [1.165, 1.54) is 11.3 Å². The minimum absolute atomic E-state index is 0.366. The Hall–Kier alpha value is -1.06. The summed E-state index contributed by atoms with van der Waals surface area (Å²) in [6.45, 7) is 4.34. The lowest BCUT2D eigenvalue weighted by Crippen LogP contribution is -2.52. The highest BCUT2D eigenvalue weighted by atomic mass is 16.3. The molecule has 0 aromatic heterocycles. The van der Waals surface area contributed by atoms with E-state index in [1.807, 2.05) is 0 Å². The molecule has 1 aliphatic heterocycles. The van der Waals surface area contributed by atoms with Gasteiger partial charge < -0.3 is 15.7 Å². The zero-order valence-electron chi connectivity index (χ0n) is 11.7. The van der Waals surface area contributed by atoms with Crippen LogP contribution in [-0.2, 0) is 6.42 Å². The van der Waals surface area contributed by atoms with Crippen molar-refractivity contribution in [3.05, 3.63) is 29.8 Å². The molecule has 1 fully saturated rings. The highest BCUT2D eigenvalue weighted by Crippen LogP contribution is 2.41. The second-order valence-electron chi connectivity index (χ2n) is 6.40. The average Bonchev–Trinajstić information content (AvgIpc) is 3.23. The van der Waals surface area contributed by atoms with Gasteiger partial charge in [-0.15, -0.1) is 0 Å². The summed E-state index contributed by atoms with van der Waals surface area (Å²) >= 11 is 0. The monoisotopic (exact) mass is 260 g/mol. The van der Waals surface area contributed by atoms with Gasteiger partial charge in [-0.2, -0.15) is 0 Å². The molecule has 2 unspecified atom stereocenters. The summed E-state index contributed by atoms with van der Waals surface area (Å²) in [5, 5.41) is 10.8. The van der Waals surface area contributed by atoms with E-state index in [0.29, 0.717) is 24.9 Å². The van der Waals surface area contributed by atoms with Gasteiger partial charge in [0.15, 0.2) is 0 Å². The molecule has 0 spiro atoms. The van der Waals surface area contributed by atoms with E-state index in [4.69, 9.17) is 5.73 Å². The lowest BCUT2D eigenvalue weighted by atomic mass is 9.90. The van der Waals surface area contributed by atoms with Crippen LogP contribution in [0.15, 0.2) is 24.3 Å². The first kappa shape index (κ1) is 12.9. The number of fused-ring (bicyclic) bond motifs is 1. The molecule has 1 aliphatic carbocycles. The highest BCUT2D eigenvalue weighted by molar-refractivity contribution is 5.56. The first-order chi connectivity index (χ1) is 9.12. The molecule has 3 rings (SSSR count). The van der Waals surface area contributed by atoms with Crippen LogP contribution >= 0.6 is 0 Å². The standard InChI is InChI=1S/C16H24N2O/c1-12-8-13-4-2-3-5-15(13)18(9-12)11-16(19,10-17)14-6-7-14/h2-5,12,14,19H,6-11,17H2,1H3. The van der Waals surface area contributed by atoms with Crippen molar-refractivity contribution in [1.29, 1.82) is 0 Å². The molecule has 0 radical (unpaired) electrons. The van der Waals surface area contributed by atoms with Gasteiger partial charge in [-0.05, 0) is 42.7 Å². The van der Waals surface area contributed by atoms with Crippen LogP contribution < -0.4 is 10.6 Å². The number of β-amino-alcohol motifs (C(OH)–C–C–N with tert-alkyl or cyclic N) is 1. The predicted octanol–water partition coefficient (Wildman–Crippen LogP) is 1.79. The van der Waals surface area contributed by atoms with Crippen LogP contribution in [0.5, 0.6) is 0 Å². The summed E-state index contributed by atoms with van der Waals surface area (Å²) in [4.78, 5) is 2.34. The van der Waals surface area contributed by atoms with Gasteiger partial charge in [-0.3, -0.25) is 0 Å². The van der Waals surface area contributed by atoms with Crippen molar-refractivity contribution < 1.29 is 5.11 Å². The minimum Gasteiger partial charge on any atom is -0.386 e. The van der Waals surface area contributed by atoms with Crippen LogP contribution in [0.1, 0.15) is 25.3 Å². The third kappa shape index (κ3) is 2.49. The number of anilines is 1. The Morgan fingerprint density at radius 3 is 2.79 bits per heavy atom. The Labute approximate surface area is 115 Å². The molecular formula is C16H24N2O. The van der Waals surface area contributed by atoms with Crippen molar-refractivity contribution in [3.63, 3.8) is 0 Å². The van der Waals surface area contributed by atoms with E-state index in [1.54, 1.807) is 0 Å². The van der Waals surface area contributed by atoms with Gasteiger partial charge in [0.1, 0.15) is 0 Å². The van der Waals surface area contributed by atoms with Gasteiger partial charge in [0.05, 0.1) is 5.60 Å². The Balaban J connectivity index is 1.84. The molecule has 104 valence electrons. The fourth-order valence-corrected chi connectivity index (χ4v) is 3.37. The van der Waals surface area contributed by atoms with Crippen molar-refractivity contribution in [1.82, 2.24) is 0 Å². The number of rotatable bonds is 4. The number of benzene rings is 1. The van der Waals surface area contributed by atoms with E-state index in [-0.39, 0.29) is 0 Å². The Kier molecular flexibility index (Phi) is 3.27. The first-order valence-corrected chi connectivity index (χ1v) is 7.37. The van der Waals surface area contributed by atoms with Crippen molar-refractivity contribution in [3.8, 4) is 0 Å². The van der Waals surface area contributed by atoms with Crippen LogP contribution in [0.3, 0.4) is 0 Å². The summed E-state index contributed by atoms with van der Waals surface area (Å²) in [6, 6.07) is 8.56. The molecule has 1 aromatic rings. The minimum atomic E-state index is -0.704. The fraction of sp³-hybridized carbons (Fsp3) is 0.625. The molecule has 2 aliphatic rings. The van der Waals surface area contributed by atoms with E-state index in [9.17, 15) is 5.11 Å². The second kappa shape index (κ2) is 4.80. The molecule has 1 heterocycles. The largest absolute Gasteiger partial charge is 0.386 e. The maximum absolute atomic E-state index is 10.8. The summed E-state index contributed by atoms with van der Waals surface area (Å²) in [5.74, 6) is 1.04. The molecular weight excluding hydrogens is 236 g/mol. The zero-order valence-corrected chi connectivity index (χ0v) is 11.7. The summed E-state index contributed by atoms with van der Waals surface area (Å²) in [6.07, 6.45) is 3.38.